The van der Waals surface area contributed by atoms with Gasteiger partial charge in [0.15, 0.2) is 0 Å². The van der Waals surface area contributed by atoms with E-state index in [2.05, 4.69) is 4.98 Å². The van der Waals surface area contributed by atoms with Gasteiger partial charge in [0, 0.05) is 6.20 Å². The molecule has 0 fully saturated rings. The lowest BCUT2D eigenvalue weighted by molar-refractivity contribution is -0.193. The lowest BCUT2D eigenvalue weighted by Crippen LogP contribution is -2.21. The summed E-state index contributed by atoms with van der Waals surface area (Å²) in [5, 5.41) is 14.2. The van der Waals surface area contributed by atoms with Crippen molar-refractivity contribution in [2.75, 3.05) is 0 Å². The Hall–Kier alpha value is -2.86. The number of rotatable bonds is 1. The summed E-state index contributed by atoms with van der Waals surface area (Å²) in [4.78, 5) is 32.4. The van der Waals surface area contributed by atoms with E-state index in [1.165, 1.54) is 0 Å². The van der Waals surface area contributed by atoms with Gasteiger partial charge < -0.3 is 15.9 Å². The van der Waals surface area contributed by atoms with E-state index in [-0.39, 0.29) is 0 Å². The molecule has 25 heavy (non-hydrogen) atoms. The van der Waals surface area contributed by atoms with Crippen molar-refractivity contribution in [3.8, 4) is 0 Å². The summed E-state index contributed by atoms with van der Waals surface area (Å²) in [5.41, 5.74) is 7.34. The molecule has 1 amide bonds. The number of nitrogens with zero attached hydrogens (tertiary/aromatic N) is 1. The summed E-state index contributed by atoms with van der Waals surface area (Å²) in [6, 6.07) is 1.85. The Bertz CT molecular complexity index is 603. The number of alkyl halides is 6. The van der Waals surface area contributed by atoms with E-state index in [4.69, 9.17) is 25.5 Å². The van der Waals surface area contributed by atoms with Gasteiger partial charge in [-0.3, -0.25) is 9.78 Å². The van der Waals surface area contributed by atoms with Crippen LogP contribution in [0.1, 0.15) is 21.6 Å². The van der Waals surface area contributed by atoms with Gasteiger partial charge in [-0.2, -0.15) is 26.3 Å². The van der Waals surface area contributed by atoms with Crippen LogP contribution in [-0.4, -0.2) is 45.4 Å². The quantitative estimate of drug-likeness (QED) is 0.641. The van der Waals surface area contributed by atoms with Gasteiger partial charge in [-0.1, -0.05) is 0 Å². The summed E-state index contributed by atoms with van der Waals surface area (Å²) in [7, 11) is 0. The van der Waals surface area contributed by atoms with Gasteiger partial charge in [0.1, 0.15) is 5.69 Å². The molecule has 1 aromatic heterocycles. The number of pyridine rings is 1. The van der Waals surface area contributed by atoms with Crippen LogP contribution in [0.15, 0.2) is 12.3 Å². The third-order valence-electron chi connectivity index (χ3n) is 2.19. The Morgan fingerprint density at radius 3 is 1.48 bits per heavy atom. The van der Waals surface area contributed by atoms with Gasteiger partial charge in [-0.05, 0) is 31.0 Å². The maximum absolute atomic E-state index is 10.7. The van der Waals surface area contributed by atoms with Crippen molar-refractivity contribution in [1.82, 2.24) is 4.98 Å². The van der Waals surface area contributed by atoms with Crippen LogP contribution in [0.4, 0.5) is 26.3 Å². The predicted octanol–water partition coefficient (Wildman–Crippen LogP) is 2.06. The molecule has 0 saturated heterocycles. The molecule has 0 aliphatic heterocycles. The highest BCUT2D eigenvalue weighted by atomic mass is 19.4. The summed E-state index contributed by atoms with van der Waals surface area (Å²) >= 11 is 0. The molecule has 1 aromatic rings. The zero-order valence-electron chi connectivity index (χ0n) is 12.6. The number of aliphatic carboxylic acids is 2. The number of halogens is 6. The van der Waals surface area contributed by atoms with Gasteiger partial charge in [0.2, 0.25) is 0 Å². The monoisotopic (exact) mass is 378 g/mol. The van der Waals surface area contributed by atoms with Gasteiger partial charge in [0.05, 0.1) is 0 Å². The number of nitrogens with two attached hydrogens (primary N) is 1. The topological polar surface area (TPSA) is 131 Å². The molecule has 0 atom stereocenters. The van der Waals surface area contributed by atoms with Crippen molar-refractivity contribution in [3.05, 3.63) is 29.1 Å². The molecule has 0 unspecified atom stereocenters. The van der Waals surface area contributed by atoms with Crippen LogP contribution in [-0.2, 0) is 9.59 Å². The number of hydrogen-bond acceptors (Lipinski definition) is 4. The highest BCUT2D eigenvalue weighted by Crippen LogP contribution is 2.13. The Balaban J connectivity index is 0. The summed E-state index contributed by atoms with van der Waals surface area (Å²) in [6.45, 7) is 3.76. The van der Waals surface area contributed by atoms with Gasteiger partial charge in [0.25, 0.3) is 5.91 Å². The average molecular weight is 378 g/mol. The molecule has 142 valence electrons. The maximum atomic E-state index is 10.7. The smallest absolute Gasteiger partial charge is 0.475 e. The predicted molar refractivity (Wildman–Crippen MR) is 69.6 cm³/mol. The molecule has 0 saturated carbocycles. The van der Waals surface area contributed by atoms with E-state index in [0.29, 0.717) is 5.69 Å². The fourth-order valence-electron chi connectivity index (χ4n) is 0.881. The number of carbonyl (C=O) groups excluding carboxylic acids is 1. The number of amides is 1. The number of hydrogen-bond donors (Lipinski definition) is 3. The van der Waals surface area contributed by atoms with Crippen molar-refractivity contribution in [2.24, 2.45) is 5.73 Å². The van der Waals surface area contributed by atoms with Crippen LogP contribution in [0.2, 0.25) is 0 Å². The molecule has 1 heterocycles. The minimum absolute atomic E-state index is 0.366. The van der Waals surface area contributed by atoms with Gasteiger partial charge >= 0.3 is 24.3 Å². The molecule has 13 heteroatoms. The number of primary amides is 1. The zero-order chi connectivity index (χ0) is 20.6. The summed E-state index contributed by atoms with van der Waals surface area (Å²) in [5.74, 6) is -5.98. The molecule has 0 aliphatic carbocycles. The van der Waals surface area contributed by atoms with Crippen LogP contribution in [0.25, 0.3) is 0 Å². The summed E-state index contributed by atoms with van der Waals surface area (Å²) < 4.78 is 63.5. The fraction of sp³-hybridized carbons (Fsp3) is 0.333. The van der Waals surface area contributed by atoms with E-state index >= 15 is 0 Å². The summed E-state index contributed by atoms with van der Waals surface area (Å²) in [6.07, 6.45) is -8.58. The van der Waals surface area contributed by atoms with E-state index in [9.17, 15) is 31.1 Å². The Kier molecular flexibility index (Phi) is 9.21. The third-order valence-corrected chi connectivity index (χ3v) is 2.19. The Morgan fingerprint density at radius 1 is 0.960 bits per heavy atom. The molecule has 4 N–H and O–H groups in total. The minimum atomic E-state index is -5.08. The molecule has 0 aromatic carbocycles. The molecular formula is C12H12F6N2O5. The van der Waals surface area contributed by atoms with Crippen molar-refractivity contribution in [3.63, 3.8) is 0 Å². The number of carbonyl (C=O) groups is 3. The maximum Gasteiger partial charge on any atom is 0.490 e. The van der Waals surface area contributed by atoms with Gasteiger partial charge in [-0.25, -0.2) is 9.59 Å². The highest BCUT2D eigenvalue weighted by Gasteiger charge is 2.38. The van der Waals surface area contributed by atoms with E-state index in [1.807, 2.05) is 19.9 Å². The molecule has 0 spiro atoms. The Labute approximate surface area is 136 Å². The van der Waals surface area contributed by atoms with E-state index in [1.54, 1.807) is 6.20 Å². The second-order valence-corrected chi connectivity index (χ2v) is 4.07. The largest absolute Gasteiger partial charge is 0.490 e. The molecule has 0 bridgehead atoms. The molecule has 0 radical (unpaired) electrons. The molecule has 1 rings (SSSR count). The van der Waals surface area contributed by atoms with Crippen LogP contribution >= 0.6 is 0 Å². The van der Waals surface area contributed by atoms with E-state index < -0.39 is 30.2 Å². The van der Waals surface area contributed by atoms with Gasteiger partial charge in [-0.15, -0.1) is 0 Å². The SMILES string of the molecule is Cc1ccnc(C(N)=O)c1C.O=C(O)C(F)(F)F.O=C(O)C(F)(F)F. The number of aryl methyl sites for hydroxylation is 1. The molecule has 7 nitrogen and oxygen atoms in total. The first-order chi connectivity index (χ1) is 11.0. The first-order valence-electron chi connectivity index (χ1n) is 5.84. The average Bonchev–Trinajstić information content (AvgIpc) is 2.40. The standard InChI is InChI=1S/C8H10N2O.2C2HF3O2/c1-5-3-4-10-7(6(5)2)8(9)11;2*3-2(4,5)1(6)7/h3-4H,1-2H3,(H2,9,11);2*(H,6,7). The van der Waals surface area contributed by atoms with E-state index in [0.717, 1.165) is 11.1 Å². The first-order valence-corrected chi connectivity index (χ1v) is 5.84. The normalized spacial score (nSPS) is 10.6. The van der Waals surface area contributed by atoms with Crippen molar-refractivity contribution in [2.45, 2.75) is 26.2 Å². The fourth-order valence-corrected chi connectivity index (χ4v) is 0.881. The molecular weight excluding hydrogens is 366 g/mol. The van der Waals surface area contributed by atoms with Crippen LogP contribution in [0, 0.1) is 13.8 Å². The molecule has 0 aliphatic rings. The first kappa shape index (κ1) is 24.4. The second-order valence-electron chi connectivity index (χ2n) is 4.07. The van der Waals surface area contributed by atoms with Crippen molar-refractivity contribution in [1.29, 1.82) is 0 Å². The lowest BCUT2D eigenvalue weighted by Gasteiger charge is -2.01. The minimum Gasteiger partial charge on any atom is -0.475 e. The number of aromatic nitrogens is 1. The zero-order valence-corrected chi connectivity index (χ0v) is 12.6. The number of carboxylic acid groups (broad SMARTS) is 2. The highest BCUT2D eigenvalue weighted by molar-refractivity contribution is 5.92. The van der Waals surface area contributed by atoms with Crippen LogP contribution in [0.5, 0.6) is 0 Å². The number of carboxylic acids is 2. The third kappa shape index (κ3) is 10.5. The van der Waals surface area contributed by atoms with Crippen LogP contribution in [0.3, 0.4) is 0 Å². The Morgan fingerprint density at radius 2 is 1.28 bits per heavy atom. The lowest BCUT2D eigenvalue weighted by atomic mass is 10.1. The van der Waals surface area contributed by atoms with Crippen molar-refractivity contribution < 1.29 is 50.9 Å². The van der Waals surface area contributed by atoms with Crippen LogP contribution < -0.4 is 5.73 Å². The second kappa shape index (κ2) is 9.44. The van der Waals surface area contributed by atoms with Crippen molar-refractivity contribution >= 4 is 17.8 Å².